The number of hydrogen-bond acceptors (Lipinski definition) is 3. The number of alkyl carbamates (subject to hydrolysis) is 1. The van der Waals surface area contributed by atoms with Crippen molar-refractivity contribution < 1.29 is 22.7 Å². The lowest BCUT2D eigenvalue weighted by Crippen LogP contribution is -2.36. The van der Waals surface area contributed by atoms with Gasteiger partial charge in [0.2, 0.25) is 0 Å². The largest absolute Gasteiger partial charge is 0.444 e. The van der Waals surface area contributed by atoms with Gasteiger partial charge in [-0.2, -0.15) is 0 Å². The number of nitrogens with two attached hydrogens (primary N) is 1. The first-order valence-corrected chi connectivity index (χ1v) is 6.46. The fourth-order valence-electron chi connectivity index (χ4n) is 1.74. The number of nitrogens with one attached hydrogen (secondary N) is 1. The van der Waals surface area contributed by atoms with Crippen molar-refractivity contribution in [1.29, 1.82) is 0 Å². The summed E-state index contributed by atoms with van der Waals surface area (Å²) >= 11 is 0. The number of amides is 1. The predicted molar refractivity (Wildman–Crippen MR) is 72.3 cm³/mol. The highest BCUT2D eigenvalue weighted by Gasteiger charge is 2.23. The zero-order valence-electron chi connectivity index (χ0n) is 12.2. The summed E-state index contributed by atoms with van der Waals surface area (Å²) < 4.78 is 45.5. The smallest absolute Gasteiger partial charge is 0.407 e. The first kappa shape index (κ1) is 17.3. The molecule has 0 radical (unpaired) electrons. The zero-order chi connectivity index (χ0) is 16.2. The van der Waals surface area contributed by atoms with Crippen LogP contribution in [0.5, 0.6) is 0 Å². The Morgan fingerprint density at radius 1 is 1.29 bits per heavy atom. The second-order valence-corrected chi connectivity index (χ2v) is 5.57. The molecule has 0 aliphatic carbocycles. The van der Waals surface area contributed by atoms with Crippen LogP contribution in [0.15, 0.2) is 12.1 Å². The van der Waals surface area contributed by atoms with Crippen LogP contribution in [0.2, 0.25) is 0 Å². The molecule has 1 rings (SSSR count). The van der Waals surface area contributed by atoms with Crippen LogP contribution >= 0.6 is 0 Å². The van der Waals surface area contributed by atoms with E-state index in [4.69, 9.17) is 10.5 Å². The average Bonchev–Trinajstić information content (AvgIpc) is 2.36. The quantitative estimate of drug-likeness (QED) is 0.841. The molecular weight excluding hydrogens is 285 g/mol. The minimum absolute atomic E-state index is 0.160. The Labute approximate surface area is 121 Å². The Morgan fingerprint density at radius 3 is 2.38 bits per heavy atom. The van der Waals surface area contributed by atoms with Crippen molar-refractivity contribution >= 4 is 6.09 Å². The lowest BCUT2D eigenvalue weighted by molar-refractivity contribution is 0.0524. The van der Waals surface area contributed by atoms with E-state index in [2.05, 4.69) is 5.32 Å². The summed E-state index contributed by atoms with van der Waals surface area (Å²) in [5.74, 6) is -4.26. The van der Waals surface area contributed by atoms with Crippen LogP contribution in [0, 0.1) is 17.5 Å². The van der Waals surface area contributed by atoms with Crippen molar-refractivity contribution in [3.05, 3.63) is 35.1 Å². The van der Waals surface area contributed by atoms with Crippen molar-refractivity contribution in [3.63, 3.8) is 0 Å². The second kappa shape index (κ2) is 6.80. The zero-order valence-corrected chi connectivity index (χ0v) is 12.2. The summed E-state index contributed by atoms with van der Waals surface area (Å²) in [6.07, 6.45) is -0.738. The van der Waals surface area contributed by atoms with E-state index in [1.807, 2.05) is 0 Å². The van der Waals surface area contributed by atoms with Crippen LogP contribution in [0.4, 0.5) is 18.0 Å². The molecule has 21 heavy (non-hydrogen) atoms. The van der Waals surface area contributed by atoms with Crippen molar-refractivity contribution in [1.82, 2.24) is 5.32 Å². The van der Waals surface area contributed by atoms with Gasteiger partial charge in [-0.25, -0.2) is 18.0 Å². The molecule has 0 fully saturated rings. The van der Waals surface area contributed by atoms with Crippen LogP contribution in [0.3, 0.4) is 0 Å². The molecule has 0 aliphatic heterocycles. The van der Waals surface area contributed by atoms with E-state index in [-0.39, 0.29) is 13.1 Å². The summed E-state index contributed by atoms with van der Waals surface area (Å²) in [6, 6.07) is 1.52. The molecule has 0 heterocycles. The van der Waals surface area contributed by atoms with Gasteiger partial charge in [-0.15, -0.1) is 0 Å². The molecule has 7 heteroatoms. The fourth-order valence-corrected chi connectivity index (χ4v) is 1.74. The number of rotatable bonds is 4. The third-order valence-electron chi connectivity index (χ3n) is 2.66. The van der Waals surface area contributed by atoms with Gasteiger partial charge in [0.15, 0.2) is 11.6 Å². The van der Waals surface area contributed by atoms with Crippen LogP contribution < -0.4 is 11.1 Å². The van der Waals surface area contributed by atoms with E-state index in [0.717, 1.165) is 6.07 Å². The standard InChI is InChI=1S/C14H19F3N2O2/c1-14(2,3)21-13(20)19-7-8(6-18)11-9(15)4-5-10(16)12(11)17/h4-5,8H,6-7,18H2,1-3H3,(H,19,20). The maximum atomic E-state index is 13.7. The van der Waals surface area contributed by atoms with Gasteiger partial charge in [0.25, 0.3) is 0 Å². The van der Waals surface area contributed by atoms with E-state index in [1.165, 1.54) is 0 Å². The number of carbonyl (C=O) groups is 1. The summed E-state index contributed by atoms with van der Waals surface area (Å²) in [5, 5.41) is 2.37. The van der Waals surface area contributed by atoms with E-state index in [0.29, 0.717) is 6.07 Å². The summed E-state index contributed by atoms with van der Waals surface area (Å²) in [4.78, 5) is 11.5. The lowest BCUT2D eigenvalue weighted by atomic mass is 9.97. The molecule has 1 atom stereocenters. The Kier molecular flexibility index (Phi) is 5.60. The average molecular weight is 304 g/mol. The Bertz CT molecular complexity index is 516. The number of benzene rings is 1. The molecule has 1 amide bonds. The highest BCUT2D eigenvalue weighted by Crippen LogP contribution is 2.23. The number of ether oxygens (including phenoxy) is 1. The number of hydrogen-bond donors (Lipinski definition) is 2. The van der Waals surface area contributed by atoms with Gasteiger partial charge in [-0.1, -0.05) is 0 Å². The second-order valence-electron chi connectivity index (χ2n) is 5.57. The molecule has 118 valence electrons. The first-order chi connectivity index (χ1) is 9.65. The number of carbonyl (C=O) groups excluding carboxylic acids is 1. The molecule has 0 bridgehead atoms. The molecule has 0 aromatic heterocycles. The maximum absolute atomic E-state index is 13.7. The van der Waals surface area contributed by atoms with Crippen molar-refractivity contribution in [2.75, 3.05) is 13.1 Å². The molecule has 3 N–H and O–H groups in total. The van der Waals surface area contributed by atoms with Gasteiger partial charge in [-0.3, -0.25) is 0 Å². The summed E-state index contributed by atoms with van der Waals surface area (Å²) in [7, 11) is 0. The van der Waals surface area contributed by atoms with Gasteiger partial charge >= 0.3 is 6.09 Å². The van der Waals surface area contributed by atoms with E-state index in [9.17, 15) is 18.0 Å². The van der Waals surface area contributed by atoms with Crippen LogP contribution in [-0.2, 0) is 4.74 Å². The Hall–Kier alpha value is -1.76. The Morgan fingerprint density at radius 2 is 1.86 bits per heavy atom. The normalized spacial score (nSPS) is 12.9. The Balaban J connectivity index is 2.81. The van der Waals surface area contributed by atoms with Crippen LogP contribution in [-0.4, -0.2) is 24.8 Å². The topological polar surface area (TPSA) is 64.3 Å². The van der Waals surface area contributed by atoms with Gasteiger partial charge in [0, 0.05) is 24.6 Å². The van der Waals surface area contributed by atoms with Gasteiger partial charge in [0.1, 0.15) is 11.4 Å². The molecule has 0 saturated heterocycles. The minimum Gasteiger partial charge on any atom is -0.444 e. The predicted octanol–water partition coefficient (Wildman–Crippen LogP) is 2.67. The monoisotopic (exact) mass is 304 g/mol. The number of halogens is 3. The molecular formula is C14H19F3N2O2. The molecule has 0 saturated carbocycles. The molecule has 4 nitrogen and oxygen atoms in total. The lowest BCUT2D eigenvalue weighted by Gasteiger charge is -2.22. The molecule has 0 aliphatic rings. The SMILES string of the molecule is CC(C)(C)OC(=O)NCC(CN)c1c(F)ccc(F)c1F. The van der Waals surface area contributed by atoms with Crippen LogP contribution in [0.25, 0.3) is 0 Å². The third-order valence-corrected chi connectivity index (χ3v) is 2.66. The van der Waals surface area contributed by atoms with E-state index < -0.39 is 40.6 Å². The minimum atomic E-state index is -1.29. The van der Waals surface area contributed by atoms with Crippen LogP contribution in [0.1, 0.15) is 32.3 Å². The molecule has 1 aromatic rings. The molecule has 0 spiro atoms. The van der Waals surface area contributed by atoms with Gasteiger partial charge < -0.3 is 15.8 Å². The first-order valence-electron chi connectivity index (χ1n) is 6.46. The summed E-state index contributed by atoms with van der Waals surface area (Å²) in [6.45, 7) is 4.71. The van der Waals surface area contributed by atoms with Crippen molar-refractivity contribution in [3.8, 4) is 0 Å². The summed E-state index contributed by atoms with van der Waals surface area (Å²) in [5.41, 5.74) is 4.28. The van der Waals surface area contributed by atoms with Crippen molar-refractivity contribution in [2.24, 2.45) is 5.73 Å². The van der Waals surface area contributed by atoms with Crippen molar-refractivity contribution in [2.45, 2.75) is 32.3 Å². The highest BCUT2D eigenvalue weighted by atomic mass is 19.2. The van der Waals surface area contributed by atoms with Gasteiger partial charge in [0.05, 0.1) is 0 Å². The molecule has 1 unspecified atom stereocenters. The molecule has 1 aromatic carbocycles. The maximum Gasteiger partial charge on any atom is 0.407 e. The van der Waals surface area contributed by atoms with E-state index >= 15 is 0 Å². The third kappa shape index (κ3) is 4.93. The van der Waals surface area contributed by atoms with E-state index in [1.54, 1.807) is 20.8 Å². The van der Waals surface area contributed by atoms with Gasteiger partial charge in [-0.05, 0) is 32.9 Å². The fraction of sp³-hybridized carbons (Fsp3) is 0.500. The highest BCUT2D eigenvalue weighted by molar-refractivity contribution is 5.67.